The van der Waals surface area contributed by atoms with E-state index in [-0.39, 0.29) is 17.6 Å². The van der Waals surface area contributed by atoms with Crippen LogP contribution in [0.3, 0.4) is 0 Å². The summed E-state index contributed by atoms with van der Waals surface area (Å²) in [5.74, 6) is 0.0548. The number of nitrogens with zero attached hydrogens (tertiary/aromatic N) is 2. The highest BCUT2D eigenvalue weighted by molar-refractivity contribution is 5.68. The number of aromatic hydroxyl groups is 2. The van der Waals surface area contributed by atoms with Crippen LogP contribution in [0.2, 0.25) is 0 Å². The van der Waals surface area contributed by atoms with Gasteiger partial charge in [0.25, 0.3) is 0 Å². The highest BCUT2D eigenvalue weighted by atomic mass is 16.6. The molecule has 2 N–H and O–H groups in total. The van der Waals surface area contributed by atoms with Crippen molar-refractivity contribution in [2.24, 2.45) is 0 Å². The largest absolute Gasteiger partial charge is 0.508 e. The molecule has 0 radical (unpaired) electrons. The molecule has 1 heterocycles. The minimum atomic E-state index is -0.495. The van der Waals surface area contributed by atoms with E-state index in [1.165, 1.54) is 6.07 Å². The van der Waals surface area contributed by atoms with Crippen molar-refractivity contribution in [1.82, 2.24) is 4.90 Å². The first-order valence-corrected chi connectivity index (χ1v) is 7.00. The molecule has 6 heteroatoms. The second kappa shape index (κ2) is 5.71. The summed E-state index contributed by atoms with van der Waals surface area (Å²) >= 11 is 0. The predicted octanol–water partition coefficient (Wildman–Crippen LogP) is 2.15. The van der Waals surface area contributed by atoms with Crippen molar-refractivity contribution in [2.75, 3.05) is 31.1 Å². The molecule has 21 heavy (non-hydrogen) atoms. The number of phenolic OH excluding ortho intramolecular Hbond substituents is 2. The van der Waals surface area contributed by atoms with Crippen LogP contribution in [0, 0.1) is 0 Å². The van der Waals surface area contributed by atoms with E-state index in [1.54, 1.807) is 17.0 Å². The lowest BCUT2D eigenvalue weighted by Crippen LogP contribution is -2.50. The van der Waals surface area contributed by atoms with Crippen LogP contribution in [0.15, 0.2) is 18.2 Å². The molecule has 0 bridgehead atoms. The molecule has 1 aromatic carbocycles. The zero-order chi connectivity index (χ0) is 15.6. The lowest BCUT2D eigenvalue weighted by molar-refractivity contribution is 0.0240. The summed E-state index contributed by atoms with van der Waals surface area (Å²) < 4.78 is 5.34. The van der Waals surface area contributed by atoms with Crippen LogP contribution in [0.1, 0.15) is 20.8 Å². The van der Waals surface area contributed by atoms with Gasteiger partial charge >= 0.3 is 6.09 Å². The van der Waals surface area contributed by atoms with Crippen LogP contribution in [0.4, 0.5) is 10.5 Å². The number of amides is 1. The van der Waals surface area contributed by atoms with Crippen molar-refractivity contribution >= 4 is 11.8 Å². The number of rotatable bonds is 1. The topological polar surface area (TPSA) is 73.2 Å². The Bertz CT molecular complexity index is 497. The SMILES string of the molecule is CC(C)(C)OC(=O)N1CCN(c2cc(O)cc(O)c2)CC1. The monoisotopic (exact) mass is 294 g/mol. The molecule has 1 saturated heterocycles. The third-order valence-corrected chi connectivity index (χ3v) is 3.18. The fourth-order valence-corrected chi connectivity index (χ4v) is 2.24. The first-order chi connectivity index (χ1) is 9.74. The lowest BCUT2D eigenvalue weighted by Gasteiger charge is -2.36. The van der Waals surface area contributed by atoms with E-state index in [0.717, 1.165) is 5.69 Å². The Balaban J connectivity index is 1.95. The Hall–Kier alpha value is -2.11. The van der Waals surface area contributed by atoms with Gasteiger partial charge in [-0.1, -0.05) is 0 Å². The number of carbonyl (C=O) groups excluding carboxylic acids is 1. The average Bonchev–Trinajstić information content (AvgIpc) is 2.35. The van der Waals surface area contributed by atoms with Crippen molar-refractivity contribution in [1.29, 1.82) is 0 Å². The number of piperazine rings is 1. The maximum absolute atomic E-state index is 12.0. The van der Waals surface area contributed by atoms with Gasteiger partial charge in [-0.25, -0.2) is 4.79 Å². The molecule has 0 unspecified atom stereocenters. The molecule has 0 aromatic heterocycles. The molecule has 1 fully saturated rings. The summed E-state index contributed by atoms with van der Waals surface area (Å²) in [4.78, 5) is 15.7. The summed E-state index contributed by atoms with van der Waals surface area (Å²) in [5.41, 5.74) is 0.252. The summed E-state index contributed by atoms with van der Waals surface area (Å²) in [6.07, 6.45) is -0.305. The molecule has 0 spiro atoms. The molecule has 2 rings (SSSR count). The summed E-state index contributed by atoms with van der Waals surface area (Å²) in [5, 5.41) is 19.0. The number of carbonyl (C=O) groups is 1. The Morgan fingerprint density at radius 3 is 2.05 bits per heavy atom. The molecule has 0 saturated carbocycles. The smallest absolute Gasteiger partial charge is 0.410 e. The molecule has 6 nitrogen and oxygen atoms in total. The number of hydrogen-bond acceptors (Lipinski definition) is 5. The fourth-order valence-electron chi connectivity index (χ4n) is 2.24. The normalized spacial score (nSPS) is 16.0. The Morgan fingerprint density at radius 2 is 1.57 bits per heavy atom. The molecular formula is C15H22N2O4. The van der Waals surface area contributed by atoms with Crippen LogP contribution < -0.4 is 4.90 Å². The quantitative estimate of drug-likeness (QED) is 0.830. The first-order valence-electron chi connectivity index (χ1n) is 7.00. The Morgan fingerprint density at radius 1 is 1.05 bits per heavy atom. The number of hydrogen-bond donors (Lipinski definition) is 2. The van der Waals surface area contributed by atoms with E-state index in [9.17, 15) is 15.0 Å². The van der Waals surface area contributed by atoms with Crippen LogP contribution in [0.25, 0.3) is 0 Å². The molecule has 0 atom stereocenters. The number of anilines is 1. The Kier molecular flexibility index (Phi) is 4.16. The number of benzene rings is 1. The van der Waals surface area contributed by atoms with E-state index in [1.807, 2.05) is 25.7 Å². The van der Waals surface area contributed by atoms with Crippen LogP contribution in [-0.4, -0.2) is 53.0 Å². The summed E-state index contributed by atoms with van der Waals surface area (Å²) in [7, 11) is 0. The van der Waals surface area contributed by atoms with E-state index in [0.29, 0.717) is 26.2 Å². The minimum Gasteiger partial charge on any atom is -0.508 e. The molecule has 1 aromatic rings. The van der Waals surface area contributed by atoms with Gasteiger partial charge in [0, 0.05) is 50.1 Å². The maximum atomic E-state index is 12.0. The molecular weight excluding hydrogens is 272 g/mol. The molecule has 1 amide bonds. The second-order valence-electron chi connectivity index (χ2n) is 6.16. The van der Waals surface area contributed by atoms with E-state index >= 15 is 0 Å². The van der Waals surface area contributed by atoms with Crippen LogP contribution >= 0.6 is 0 Å². The van der Waals surface area contributed by atoms with Gasteiger partial charge in [0.1, 0.15) is 17.1 Å². The van der Waals surface area contributed by atoms with Gasteiger partial charge in [0.15, 0.2) is 0 Å². The van der Waals surface area contributed by atoms with Gasteiger partial charge in [-0.3, -0.25) is 0 Å². The number of ether oxygens (including phenoxy) is 1. The molecule has 0 aliphatic carbocycles. The van der Waals surface area contributed by atoms with Crippen LogP contribution in [-0.2, 0) is 4.74 Å². The molecule has 1 aliphatic rings. The predicted molar refractivity (Wildman–Crippen MR) is 79.8 cm³/mol. The van der Waals surface area contributed by atoms with Crippen molar-refractivity contribution in [3.8, 4) is 11.5 Å². The van der Waals surface area contributed by atoms with E-state index in [4.69, 9.17) is 4.74 Å². The number of phenols is 2. The minimum absolute atomic E-state index is 0.0274. The third-order valence-electron chi connectivity index (χ3n) is 3.18. The first kappa shape index (κ1) is 15.3. The average molecular weight is 294 g/mol. The standard InChI is InChI=1S/C15H22N2O4/c1-15(2,3)21-14(20)17-6-4-16(5-7-17)11-8-12(18)10-13(19)9-11/h8-10,18-19H,4-7H2,1-3H3. The summed E-state index contributed by atoms with van der Waals surface area (Å²) in [6, 6.07) is 4.49. The van der Waals surface area contributed by atoms with E-state index in [2.05, 4.69) is 0 Å². The highest BCUT2D eigenvalue weighted by Crippen LogP contribution is 2.27. The van der Waals surface area contributed by atoms with Crippen LogP contribution in [0.5, 0.6) is 11.5 Å². The molecule has 116 valence electrons. The van der Waals surface area contributed by atoms with Gasteiger partial charge in [0.05, 0.1) is 0 Å². The maximum Gasteiger partial charge on any atom is 0.410 e. The van der Waals surface area contributed by atoms with Crippen molar-refractivity contribution in [3.63, 3.8) is 0 Å². The zero-order valence-corrected chi connectivity index (χ0v) is 12.7. The second-order valence-corrected chi connectivity index (χ2v) is 6.16. The molecule has 1 aliphatic heterocycles. The zero-order valence-electron chi connectivity index (χ0n) is 12.7. The third kappa shape index (κ3) is 4.18. The highest BCUT2D eigenvalue weighted by Gasteiger charge is 2.26. The van der Waals surface area contributed by atoms with Gasteiger partial charge in [-0.2, -0.15) is 0 Å². The van der Waals surface area contributed by atoms with Crippen molar-refractivity contribution in [2.45, 2.75) is 26.4 Å². The lowest BCUT2D eigenvalue weighted by atomic mass is 10.2. The Labute approximate surface area is 124 Å². The van der Waals surface area contributed by atoms with E-state index < -0.39 is 5.60 Å². The van der Waals surface area contributed by atoms with Crippen molar-refractivity contribution < 1.29 is 19.7 Å². The van der Waals surface area contributed by atoms with Crippen molar-refractivity contribution in [3.05, 3.63) is 18.2 Å². The van der Waals surface area contributed by atoms with Gasteiger partial charge in [0.2, 0.25) is 0 Å². The van der Waals surface area contributed by atoms with Gasteiger partial charge in [-0.15, -0.1) is 0 Å². The fraction of sp³-hybridized carbons (Fsp3) is 0.533. The van der Waals surface area contributed by atoms with Gasteiger partial charge in [-0.05, 0) is 20.8 Å². The summed E-state index contributed by atoms with van der Waals surface area (Å²) in [6.45, 7) is 7.88. The van der Waals surface area contributed by atoms with Gasteiger partial charge < -0.3 is 24.7 Å².